The van der Waals surface area contributed by atoms with Gasteiger partial charge in [0, 0.05) is 0 Å². The van der Waals surface area contributed by atoms with Crippen LogP contribution in [0.5, 0.6) is 0 Å². The molecule has 4 aliphatic rings. The summed E-state index contributed by atoms with van der Waals surface area (Å²) in [4.78, 5) is 3.31. The van der Waals surface area contributed by atoms with E-state index >= 15 is 0 Å². The van der Waals surface area contributed by atoms with Gasteiger partial charge >= 0.3 is 84.7 Å². The molecular weight excluding hydrogens is 282 g/mol. The zero-order valence-corrected chi connectivity index (χ0v) is 10.1. The van der Waals surface area contributed by atoms with Gasteiger partial charge in [0.2, 0.25) is 0 Å². The third kappa shape index (κ3) is 0.687. The monoisotopic (exact) mass is 294 g/mol. The van der Waals surface area contributed by atoms with Crippen LogP contribution in [0.15, 0.2) is 11.8 Å². The Morgan fingerprint density at radius 1 is 1.58 bits per heavy atom. The van der Waals surface area contributed by atoms with Crippen molar-refractivity contribution in [1.82, 2.24) is 0 Å². The van der Waals surface area contributed by atoms with Crippen molar-refractivity contribution in [3.8, 4) is 0 Å². The molecule has 4 unspecified atom stereocenters. The summed E-state index contributed by atoms with van der Waals surface area (Å²) in [6, 6.07) is 0. The molecule has 4 rings (SSSR count). The molecule has 3 fully saturated rings. The molecule has 0 aromatic heterocycles. The molecule has 3 heterocycles. The fourth-order valence-electron chi connectivity index (χ4n) is 2.54. The molecule has 3 heteroatoms. The fourth-order valence-corrected chi connectivity index (χ4v) is 10.4. The van der Waals surface area contributed by atoms with Gasteiger partial charge in [0.15, 0.2) is 0 Å². The van der Waals surface area contributed by atoms with Crippen molar-refractivity contribution in [3.05, 3.63) is 11.8 Å². The van der Waals surface area contributed by atoms with Crippen LogP contribution in [0.1, 0.15) is 12.8 Å². The van der Waals surface area contributed by atoms with E-state index in [4.69, 9.17) is 4.74 Å². The molecule has 0 aromatic rings. The quantitative estimate of drug-likeness (QED) is 0.617. The molecule has 3 aliphatic heterocycles. The van der Waals surface area contributed by atoms with Crippen LogP contribution in [0.25, 0.3) is 0 Å². The first-order valence-corrected chi connectivity index (χ1v) is 8.41. The molecular formula is C9H10OSe2. The van der Waals surface area contributed by atoms with Crippen LogP contribution < -0.4 is 0 Å². The van der Waals surface area contributed by atoms with E-state index < -0.39 is 0 Å². The second-order valence-corrected chi connectivity index (χ2v) is 9.92. The van der Waals surface area contributed by atoms with Crippen molar-refractivity contribution >= 4 is 29.9 Å². The fraction of sp³-hybridized carbons (Fsp3) is 0.778. The maximum atomic E-state index is 5.81. The molecule has 0 amide bonds. The Hall–Kier alpha value is 0.579. The van der Waals surface area contributed by atoms with Gasteiger partial charge in [-0.05, 0) is 0 Å². The molecule has 1 spiro atoms. The summed E-state index contributed by atoms with van der Waals surface area (Å²) in [7, 11) is 0. The van der Waals surface area contributed by atoms with Gasteiger partial charge in [-0.15, -0.1) is 0 Å². The Bertz CT molecular complexity index is 288. The maximum absolute atomic E-state index is 5.81. The van der Waals surface area contributed by atoms with Gasteiger partial charge in [-0.1, -0.05) is 0 Å². The van der Waals surface area contributed by atoms with E-state index in [2.05, 4.69) is 6.08 Å². The van der Waals surface area contributed by atoms with Gasteiger partial charge in [-0.25, -0.2) is 0 Å². The minimum atomic E-state index is 0.671. The molecule has 12 heavy (non-hydrogen) atoms. The summed E-state index contributed by atoms with van der Waals surface area (Å²) in [6.45, 7) is 1.00. The summed E-state index contributed by atoms with van der Waals surface area (Å²) in [5, 5.41) is 0. The standard InChI is InChI=1S/C9H10OSe2/c1-2-9-6(10-3-1)4-5-7(11-5)8(9)12-9/h4-5,7-8H,1-3H2. The number of rotatable bonds is 0. The van der Waals surface area contributed by atoms with E-state index in [0.29, 0.717) is 4.31 Å². The number of hydrogen-bond acceptors (Lipinski definition) is 1. The Kier molecular flexibility index (Phi) is 1.15. The van der Waals surface area contributed by atoms with E-state index in [1.54, 1.807) is 0 Å². The van der Waals surface area contributed by atoms with E-state index in [0.717, 1.165) is 46.2 Å². The van der Waals surface area contributed by atoms with Crippen LogP contribution >= 0.6 is 0 Å². The van der Waals surface area contributed by atoms with Crippen molar-refractivity contribution in [2.45, 2.75) is 31.6 Å². The predicted octanol–water partition coefficient (Wildman–Crippen LogP) is 1.65. The predicted molar refractivity (Wildman–Crippen MR) is 48.7 cm³/mol. The number of fused-ring (bicyclic) bond motifs is 2. The average Bonchev–Trinajstić information content (AvgIpc) is 2.92. The van der Waals surface area contributed by atoms with Gasteiger partial charge in [-0.3, -0.25) is 0 Å². The first-order chi connectivity index (χ1) is 5.90. The molecule has 64 valence electrons. The molecule has 0 saturated carbocycles. The molecule has 0 radical (unpaired) electrons. The van der Waals surface area contributed by atoms with E-state index in [9.17, 15) is 0 Å². The summed E-state index contributed by atoms with van der Waals surface area (Å²) < 4.78 is 6.48. The Morgan fingerprint density at radius 3 is 3.58 bits per heavy atom. The van der Waals surface area contributed by atoms with Crippen LogP contribution in [0.3, 0.4) is 0 Å². The molecule has 0 bridgehead atoms. The Morgan fingerprint density at radius 2 is 2.58 bits per heavy atom. The van der Waals surface area contributed by atoms with Crippen LogP contribution in [0.2, 0.25) is 18.8 Å². The second-order valence-electron chi connectivity index (χ2n) is 3.98. The average molecular weight is 292 g/mol. The Balaban J connectivity index is 1.82. The van der Waals surface area contributed by atoms with E-state index in [1.165, 1.54) is 23.4 Å². The molecule has 0 N–H and O–H groups in total. The van der Waals surface area contributed by atoms with Crippen LogP contribution in [-0.4, -0.2) is 36.5 Å². The van der Waals surface area contributed by atoms with Crippen molar-refractivity contribution in [2.75, 3.05) is 6.61 Å². The number of allylic oxidation sites excluding steroid dienone is 2. The molecule has 1 aliphatic carbocycles. The zero-order chi connectivity index (χ0) is 7.76. The molecule has 1 nitrogen and oxygen atoms in total. The summed E-state index contributed by atoms with van der Waals surface area (Å²) >= 11 is 1.90. The van der Waals surface area contributed by atoms with Gasteiger partial charge in [0.1, 0.15) is 0 Å². The molecule has 3 saturated heterocycles. The number of hydrogen-bond donors (Lipinski definition) is 0. The molecule has 0 aromatic carbocycles. The third-order valence-corrected chi connectivity index (χ3v) is 10.6. The van der Waals surface area contributed by atoms with Crippen molar-refractivity contribution < 1.29 is 4.74 Å². The summed E-state index contributed by atoms with van der Waals surface area (Å²) in [6.07, 6.45) is 5.28. The van der Waals surface area contributed by atoms with Crippen LogP contribution in [0, 0.1) is 0 Å². The summed E-state index contributed by atoms with van der Waals surface area (Å²) in [5.41, 5.74) is 0. The second kappa shape index (κ2) is 1.98. The minimum absolute atomic E-state index is 0.671. The van der Waals surface area contributed by atoms with Crippen molar-refractivity contribution in [2.24, 2.45) is 0 Å². The SMILES string of the molecule is C1=C2OCCCC23[Se]C3C2[Se]C12. The van der Waals surface area contributed by atoms with E-state index in [1.807, 2.05) is 0 Å². The van der Waals surface area contributed by atoms with Gasteiger partial charge in [0.05, 0.1) is 0 Å². The van der Waals surface area contributed by atoms with Crippen molar-refractivity contribution in [1.29, 1.82) is 0 Å². The topological polar surface area (TPSA) is 9.23 Å². The molecule has 4 atom stereocenters. The van der Waals surface area contributed by atoms with Crippen molar-refractivity contribution in [3.63, 3.8) is 0 Å². The Labute approximate surface area is 84.6 Å². The van der Waals surface area contributed by atoms with Crippen LogP contribution in [0.4, 0.5) is 0 Å². The zero-order valence-electron chi connectivity index (χ0n) is 6.66. The third-order valence-electron chi connectivity index (χ3n) is 3.28. The summed E-state index contributed by atoms with van der Waals surface area (Å²) in [5.74, 6) is 1.44. The van der Waals surface area contributed by atoms with Gasteiger partial charge in [-0.2, -0.15) is 0 Å². The first kappa shape index (κ1) is 6.95. The first-order valence-electron chi connectivity index (χ1n) is 4.58. The van der Waals surface area contributed by atoms with E-state index in [-0.39, 0.29) is 0 Å². The van der Waals surface area contributed by atoms with Gasteiger partial charge < -0.3 is 0 Å². The number of ether oxygens (including phenoxy) is 1. The van der Waals surface area contributed by atoms with Gasteiger partial charge in [0.25, 0.3) is 0 Å². The van der Waals surface area contributed by atoms with Crippen LogP contribution in [-0.2, 0) is 4.74 Å². The normalized spacial score (nSPS) is 58.7.